The number of nitrogens with zero attached hydrogens (tertiary/aromatic N) is 3. The van der Waals surface area contributed by atoms with Gasteiger partial charge in [0.1, 0.15) is 0 Å². The van der Waals surface area contributed by atoms with Gasteiger partial charge >= 0.3 is 0 Å². The molecule has 0 aliphatic carbocycles. The standard InChI is InChI=1S/C21H31N3OP2/c1-22(2)27(25,23(3)4)24-17-11-12-19(24)18-26(20-13-7-5-8-14-20)21-15-9-6-10-16-21/h5-10,13-16,19H,11-12,17-18H2,1-4H3/t19-/m0/s1. The number of hydrogen-bond donors (Lipinski definition) is 0. The summed E-state index contributed by atoms with van der Waals surface area (Å²) in [5.41, 5.74) is 0. The highest BCUT2D eigenvalue weighted by atomic mass is 31.2. The van der Waals surface area contributed by atoms with Crippen LogP contribution in [0.2, 0.25) is 0 Å². The minimum atomic E-state index is -2.70. The lowest BCUT2D eigenvalue weighted by molar-refractivity contribution is 0.325. The molecule has 6 heteroatoms. The third-order valence-electron chi connectivity index (χ3n) is 5.25. The average molecular weight is 403 g/mol. The van der Waals surface area contributed by atoms with Gasteiger partial charge in [0, 0.05) is 12.6 Å². The first-order chi connectivity index (χ1) is 12.9. The molecule has 2 aromatic carbocycles. The Hall–Kier alpha value is -1.02. The van der Waals surface area contributed by atoms with E-state index in [-0.39, 0.29) is 0 Å². The van der Waals surface area contributed by atoms with E-state index in [4.69, 9.17) is 0 Å². The lowest BCUT2D eigenvalue weighted by Crippen LogP contribution is -2.39. The van der Waals surface area contributed by atoms with Crippen LogP contribution in [0.3, 0.4) is 0 Å². The highest BCUT2D eigenvalue weighted by Crippen LogP contribution is 2.57. The summed E-state index contributed by atoms with van der Waals surface area (Å²) in [7, 11) is 4.58. The van der Waals surface area contributed by atoms with Crippen LogP contribution in [0.25, 0.3) is 0 Å². The first-order valence-electron chi connectivity index (χ1n) is 9.55. The van der Waals surface area contributed by atoms with Crippen molar-refractivity contribution in [1.29, 1.82) is 0 Å². The fourth-order valence-corrected chi connectivity index (χ4v) is 9.33. The van der Waals surface area contributed by atoms with E-state index < -0.39 is 15.5 Å². The molecule has 4 nitrogen and oxygen atoms in total. The van der Waals surface area contributed by atoms with E-state index in [9.17, 15) is 4.57 Å². The maximum absolute atomic E-state index is 13.9. The fraction of sp³-hybridized carbons (Fsp3) is 0.429. The average Bonchev–Trinajstić information content (AvgIpc) is 3.15. The second-order valence-corrected chi connectivity index (χ2v) is 12.8. The first kappa shape index (κ1) is 20.7. The van der Waals surface area contributed by atoms with Crippen LogP contribution in [0.15, 0.2) is 60.7 Å². The zero-order valence-corrected chi connectivity index (χ0v) is 18.6. The predicted molar refractivity (Wildman–Crippen MR) is 119 cm³/mol. The van der Waals surface area contributed by atoms with E-state index in [1.165, 1.54) is 10.6 Å². The van der Waals surface area contributed by atoms with Crippen LogP contribution >= 0.6 is 15.5 Å². The van der Waals surface area contributed by atoms with Crippen LogP contribution in [0.1, 0.15) is 12.8 Å². The third kappa shape index (κ3) is 4.36. The minimum absolute atomic E-state index is 0.340. The van der Waals surface area contributed by atoms with Crippen LogP contribution in [-0.2, 0) is 4.57 Å². The fourth-order valence-electron chi connectivity index (χ4n) is 3.95. The predicted octanol–water partition coefficient (Wildman–Crippen LogP) is 3.82. The van der Waals surface area contributed by atoms with Crippen molar-refractivity contribution >= 4 is 26.1 Å². The maximum Gasteiger partial charge on any atom is 0.286 e. The smallest absolute Gasteiger partial charge is 0.270 e. The van der Waals surface area contributed by atoms with Crippen LogP contribution < -0.4 is 10.6 Å². The van der Waals surface area contributed by atoms with Crippen LogP contribution in [0.5, 0.6) is 0 Å². The molecule has 0 unspecified atom stereocenters. The Balaban J connectivity index is 1.92. The van der Waals surface area contributed by atoms with Gasteiger partial charge in [-0.2, -0.15) is 0 Å². The zero-order valence-electron chi connectivity index (χ0n) is 16.8. The molecule has 0 bridgehead atoms. The topological polar surface area (TPSA) is 26.8 Å². The van der Waals surface area contributed by atoms with Crippen LogP contribution in [0, 0.1) is 0 Å². The summed E-state index contributed by atoms with van der Waals surface area (Å²) in [5.74, 6) is 0. The molecule has 0 saturated carbocycles. The van der Waals surface area contributed by atoms with Crippen molar-refractivity contribution in [2.75, 3.05) is 40.9 Å². The second-order valence-electron chi connectivity index (χ2n) is 7.45. The van der Waals surface area contributed by atoms with Gasteiger partial charge in [-0.15, -0.1) is 0 Å². The van der Waals surface area contributed by atoms with Gasteiger partial charge in [-0.05, 0) is 65.7 Å². The molecule has 1 heterocycles. The Labute approximate surface area is 165 Å². The van der Waals surface area contributed by atoms with Crippen molar-refractivity contribution in [2.45, 2.75) is 18.9 Å². The van der Waals surface area contributed by atoms with E-state index >= 15 is 0 Å². The van der Waals surface area contributed by atoms with E-state index in [0.717, 1.165) is 25.5 Å². The normalized spacial score (nSPS) is 18.7. The van der Waals surface area contributed by atoms with Crippen LogP contribution in [0.4, 0.5) is 0 Å². The maximum atomic E-state index is 13.9. The second kappa shape index (κ2) is 8.99. The molecule has 0 aromatic heterocycles. The van der Waals surface area contributed by atoms with Gasteiger partial charge in [-0.25, -0.2) is 14.0 Å². The summed E-state index contributed by atoms with van der Waals surface area (Å²) in [5, 5.41) is 2.80. The number of rotatable bonds is 7. The molecule has 0 spiro atoms. The lowest BCUT2D eigenvalue weighted by atomic mass is 10.3. The Morgan fingerprint density at radius 2 is 1.41 bits per heavy atom. The molecule has 1 atom stereocenters. The Bertz CT molecular complexity index is 716. The van der Waals surface area contributed by atoms with Gasteiger partial charge in [-0.3, -0.25) is 4.57 Å². The third-order valence-corrected chi connectivity index (χ3v) is 11.2. The Morgan fingerprint density at radius 3 is 1.85 bits per heavy atom. The quantitative estimate of drug-likeness (QED) is 0.657. The molecule has 3 rings (SSSR count). The van der Waals surface area contributed by atoms with Gasteiger partial charge < -0.3 is 0 Å². The molecule has 146 valence electrons. The molecule has 1 aliphatic rings. The summed E-state index contributed by atoms with van der Waals surface area (Å²) in [6, 6.07) is 22.0. The molecule has 0 amide bonds. The van der Waals surface area contributed by atoms with Crippen molar-refractivity contribution in [3.63, 3.8) is 0 Å². The first-order valence-corrected chi connectivity index (χ1v) is 12.6. The van der Waals surface area contributed by atoms with Gasteiger partial charge in [0.15, 0.2) is 0 Å². The van der Waals surface area contributed by atoms with Gasteiger partial charge in [0.2, 0.25) is 0 Å². The van der Waals surface area contributed by atoms with Crippen LogP contribution in [-0.4, -0.2) is 61.0 Å². The summed E-state index contributed by atoms with van der Waals surface area (Å²) in [6.45, 7) is 0.908. The highest BCUT2D eigenvalue weighted by Gasteiger charge is 2.43. The molecule has 0 radical (unpaired) electrons. The largest absolute Gasteiger partial charge is 0.286 e. The molecular weight excluding hydrogens is 372 g/mol. The molecule has 1 fully saturated rings. The van der Waals surface area contributed by atoms with Gasteiger partial charge in [-0.1, -0.05) is 60.7 Å². The SMILES string of the molecule is CN(C)P(=O)(N(C)C)N1CCC[C@H]1CP(c1ccccc1)c1ccccc1. The molecular formula is C21H31N3OP2. The summed E-state index contributed by atoms with van der Waals surface area (Å²) in [6.07, 6.45) is 3.28. The molecule has 27 heavy (non-hydrogen) atoms. The number of hydrogen-bond acceptors (Lipinski definition) is 1. The Kier molecular flexibility index (Phi) is 6.89. The van der Waals surface area contributed by atoms with Crippen molar-refractivity contribution in [1.82, 2.24) is 14.0 Å². The van der Waals surface area contributed by atoms with E-state index in [0.29, 0.717) is 6.04 Å². The van der Waals surface area contributed by atoms with E-state index in [1.54, 1.807) is 0 Å². The van der Waals surface area contributed by atoms with E-state index in [1.807, 2.05) is 37.5 Å². The molecule has 1 aliphatic heterocycles. The minimum Gasteiger partial charge on any atom is -0.270 e. The molecule has 1 saturated heterocycles. The summed E-state index contributed by atoms with van der Waals surface area (Å²) >= 11 is 0. The van der Waals surface area contributed by atoms with Gasteiger partial charge in [0.05, 0.1) is 0 Å². The van der Waals surface area contributed by atoms with Crippen molar-refractivity contribution in [3.05, 3.63) is 60.7 Å². The number of benzene rings is 2. The molecule has 0 N–H and O–H groups in total. The lowest BCUT2D eigenvalue weighted by Gasteiger charge is -2.41. The monoisotopic (exact) mass is 403 g/mol. The van der Waals surface area contributed by atoms with Gasteiger partial charge in [0.25, 0.3) is 7.59 Å². The summed E-state index contributed by atoms with van der Waals surface area (Å²) < 4.78 is 20.0. The van der Waals surface area contributed by atoms with Crippen molar-refractivity contribution < 1.29 is 4.57 Å². The van der Waals surface area contributed by atoms with Crippen molar-refractivity contribution in [3.8, 4) is 0 Å². The summed E-state index contributed by atoms with van der Waals surface area (Å²) in [4.78, 5) is 0. The zero-order chi connectivity index (χ0) is 19.4. The van der Waals surface area contributed by atoms with E-state index in [2.05, 4.69) is 65.3 Å². The molecule has 2 aromatic rings. The highest BCUT2D eigenvalue weighted by molar-refractivity contribution is 7.73. The Morgan fingerprint density at radius 1 is 0.926 bits per heavy atom. The van der Waals surface area contributed by atoms with Crippen molar-refractivity contribution in [2.24, 2.45) is 0 Å².